The van der Waals surface area contributed by atoms with Gasteiger partial charge in [-0.05, 0) is 79.8 Å². The van der Waals surface area contributed by atoms with Crippen LogP contribution in [0.4, 0.5) is 26.3 Å². The lowest BCUT2D eigenvalue weighted by atomic mass is 9.88. The van der Waals surface area contributed by atoms with Gasteiger partial charge in [-0.3, -0.25) is 4.79 Å². The van der Waals surface area contributed by atoms with Gasteiger partial charge >= 0.3 is 12.4 Å². The van der Waals surface area contributed by atoms with Gasteiger partial charge in [-0.1, -0.05) is 12.1 Å². The summed E-state index contributed by atoms with van der Waals surface area (Å²) in [6.07, 6.45) is -5.85. The average Bonchev–Trinajstić information content (AvgIpc) is 3.38. The summed E-state index contributed by atoms with van der Waals surface area (Å²) in [6, 6.07) is 5.92. The first-order valence-electron chi connectivity index (χ1n) is 12.4. The third kappa shape index (κ3) is 5.56. The molecule has 1 aliphatic heterocycles. The van der Waals surface area contributed by atoms with Crippen LogP contribution in [-0.2, 0) is 22.2 Å². The highest BCUT2D eigenvalue weighted by molar-refractivity contribution is 7.91. The molecule has 3 aliphatic rings. The lowest BCUT2D eigenvalue weighted by Crippen LogP contribution is -2.47. The van der Waals surface area contributed by atoms with Crippen molar-refractivity contribution in [2.45, 2.75) is 67.5 Å². The molecule has 4 atom stereocenters. The van der Waals surface area contributed by atoms with Crippen molar-refractivity contribution >= 4 is 15.7 Å². The van der Waals surface area contributed by atoms with E-state index in [4.69, 9.17) is 0 Å². The Hall–Kier alpha value is -2.60. The number of carbonyl (C=O) groups is 1. The summed E-state index contributed by atoms with van der Waals surface area (Å²) >= 11 is 0. The Labute approximate surface area is 215 Å². The number of halogens is 6. The summed E-state index contributed by atoms with van der Waals surface area (Å²) in [7, 11) is -3.49. The smallest absolute Gasteiger partial charge is 0.344 e. The van der Waals surface area contributed by atoms with Crippen LogP contribution in [0, 0.1) is 11.8 Å². The Morgan fingerprint density at radius 2 is 1.63 bits per heavy atom. The van der Waals surface area contributed by atoms with Crippen LogP contribution >= 0.6 is 0 Å². The second-order valence-electron chi connectivity index (χ2n) is 10.5. The van der Waals surface area contributed by atoms with Crippen LogP contribution in [0.2, 0.25) is 0 Å². The molecular weight excluding hydrogens is 534 g/mol. The van der Waals surface area contributed by atoms with Crippen LogP contribution in [0.15, 0.2) is 47.4 Å². The second-order valence-corrected chi connectivity index (χ2v) is 12.5. The third-order valence-corrected chi connectivity index (χ3v) is 9.60. The predicted molar refractivity (Wildman–Crippen MR) is 126 cm³/mol. The summed E-state index contributed by atoms with van der Waals surface area (Å²) in [5.41, 5.74) is -3.60. The summed E-state index contributed by atoms with van der Waals surface area (Å²) < 4.78 is 106. The third-order valence-electron chi connectivity index (χ3n) is 7.70. The number of carbonyl (C=O) groups excluding carboxylic acids is 1. The number of fused-ring (bicyclic) bond motifs is 2. The lowest BCUT2D eigenvalue weighted by Gasteiger charge is -2.32. The van der Waals surface area contributed by atoms with Gasteiger partial charge in [0.15, 0.2) is 9.84 Å². The maximum absolute atomic E-state index is 13.7. The van der Waals surface area contributed by atoms with Crippen molar-refractivity contribution in [3.05, 3.63) is 64.7 Å². The van der Waals surface area contributed by atoms with E-state index in [1.165, 1.54) is 24.3 Å². The maximum atomic E-state index is 13.7. The molecule has 2 aromatic carbocycles. The molecule has 0 aromatic heterocycles. The Bertz CT molecular complexity index is 1320. The van der Waals surface area contributed by atoms with E-state index in [2.05, 4.69) is 10.6 Å². The zero-order chi connectivity index (χ0) is 27.5. The monoisotopic (exact) mass is 560 g/mol. The minimum Gasteiger partial charge on any atom is -0.344 e. The van der Waals surface area contributed by atoms with E-state index in [-0.39, 0.29) is 40.6 Å². The van der Waals surface area contributed by atoms with E-state index < -0.39 is 50.8 Å². The molecule has 2 aromatic rings. The molecule has 12 heteroatoms. The molecule has 5 nitrogen and oxygen atoms in total. The van der Waals surface area contributed by atoms with Gasteiger partial charge in [-0.25, -0.2) is 8.42 Å². The fourth-order valence-corrected chi connectivity index (χ4v) is 7.29. The molecule has 1 saturated heterocycles. The van der Waals surface area contributed by atoms with Crippen molar-refractivity contribution in [1.82, 2.24) is 10.6 Å². The number of benzene rings is 2. The largest absolute Gasteiger partial charge is 0.417 e. The number of sulfone groups is 1. The van der Waals surface area contributed by atoms with Crippen LogP contribution in [0.25, 0.3) is 0 Å². The van der Waals surface area contributed by atoms with Crippen LogP contribution in [0.5, 0.6) is 0 Å². The molecular formula is C26H26F6N2O3S. The van der Waals surface area contributed by atoms with Crippen molar-refractivity contribution in [3.63, 3.8) is 0 Å². The quantitative estimate of drug-likeness (QED) is 0.438. The van der Waals surface area contributed by atoms with E-state index in [1.807, 2.05) is 0 Å². The van der Waals surface area contributed by atoms with Gasteiger partial charge < -0.3 is 10.6 Å². The summed E-state index contributed by atoms with van der Waals surface area (Å²) in [6.45, 7) is 0. The number of nitrogens with one attached hydrogen (secondary N) is 2. The number of rotatable bonds is 7. The SMILES string of the molecule is O=C(NC(c1ccc(S(=O)(=O)CC2CC2)cc1)C1N[C@@H]2CC[C@H]1C2)c1ccc(C(F)(F)F)cc1C(F)(F)F. The molecule has 3 fully saturated rings. The van der Waals surface area contributed by atoms with E-state index in [0.29, 0.717) is 17.7 Å². The van der Waals surface area contributed by atoms with Gasteiger partial charge in [0.1, 0.15) is 0 Å². The number of alkyl halides is 6. The Morgan fingerprint density at radius 1 is 0.947 bits per heavy atom. The minimum atomic E-state index is -5.19. The number of hydrogen-bond acceptors (Lipinski definition) is 4. The van der Waals surface area contributed by atoms with Crippen molar-refractivity contribution in [2.75, 3.05) is 5.75 Å². The van der Waals surface area contributed by atoms with Gasteiger partial charge in [0.25, 0.3) is 5.91 Å². The van der Waals surface area contributed by atoms with Crippen molar-refractivity contribution in [1.29, 1.82) is 0 Å². The lowest BCUT2D eigenvalue weighted by molar-refractivity contribution is -0.143. The topological polar surface area (TPSA) is 75.3 Å². The predicted octanol–water partition coefficient (Wildman–Crippen LogP) is 5.52. The van der Waals surface area contributed by atoms with Crippen LogP contribution in [0.3, 0.4) is 0 Å². The summed E-state index contributed by atoms with van der Waals surface area (Å²) in [4.78, 5) is 13.3. The number of amides is 1. The first-order valence-corrected chi connectivity index (χ1v) is 14.1. The highest BCUT2D eigenvalue weighted by atomic mass is 32.2. The zero-order valence-corrected chi connectivity index (χ0v) is 20.9. The van der Waals surface area contributed by atoms with Gasteiger partial charge in [0, 0.05) is 12.1 Å². The molecule has 2 aliphatic carbocycles. The van der Waals surface area contributed by atoms with E-state index in [9.17, 15) is 39.6 Å². The fourth-order valence-electron chi connectivity index (χ4n) is 5.60. The molecule has 2 unspecified atom stereocenters. The number of hydrogen-bond donors (Lipinski definition) is 2. The second kappa shape index (κ2) is 9.55. The first kappa shape index (κ1) is 27.0. The normalized spacial score (nSPS) is 24.4. The van der Waals surface area contributed by atoms with Gasteiger partial charge in [-0.2, -0.15) is 26.3 Å². The van der Waals surface area contributed by atoms with E-state index >= 15 is 0 Å². The fraction of sp³-hybridized carbons (Fsp3) is 0.500. The molecule has 38 heavy (non-hydrogen) atoms. The van der Waals surface area contributed by atoms with Gasteiger partial charge in [0.05, 0.1) is 33.4 Å². The Kier molecular flexibility index (Phi) is 6.78. The van der Waals surface area contributed by atoms with Crippen molar-refractivity contribution < 1.29 is 39.6 Å². The molecule has 0 radical (unpaired) electrons. The van der Waals surface area contributed by atoms with Gasteiger partial charge in [0.2, 0.25) is 0 Å². The summed E-state index contributed by atoms with van der Waals surface area (Å²) in [5, 5.41) is 6.01. The van der Waals surface area contributed by atoms with E-state index in [0.717, 1.165) is 32.1 Å². The molecule has 2 N–H and O–H groups in total. The molecule has 206 valence electrons. The Balaban J connectivity index is 1.46. The molecule has 1 heterocycles. The maximum Gasteiger partial charge on any atom is 0.417 e. The summed E-state index contributed by atoms with van der Waals surface area (Å²) in [5.74, 6) is -0.824. The molecule has 5 rings (SSSR count). The zero-order valence-electron chi connectivity index (χ0n) is 20.1. The standard InChI is InChI=1S/C26H26F6N2O3S/c27-25(28,29)17-6-10-20(21(12-17)26(30,31)32)24(35)34-22(23-16-3-7-18(11-16)33-23)15-4-8-19(9-5-15)38(36,37)13-14-1-2-14/h4-6,8-10,12,14,16,18,22-23,33H,1-3,7,11,13H2,(H,34,35)/t16-,18+,22?,23?/m0/s1. The average molecular weight is 561 g/mol. The van der Waals surface area contributed by atoms with Crippen molar-refractivity contribution in [2.24, 2.45) is 11.8 Å². The Morgan fingerprint density at radius 3 is 2.16 bits per heavy atom. The van der Waals surface area contributed by atoms with Crippen LogP contribution in [0.1, 0.15) is 65.2 Å². The molecule has 1 amide bonds. The molecule has 0 spiro atoms. The number of piperidine rings is 1. The van der Waals surface area contributed by atoms with Crippen molar-refractivity contribution in [3.8, 4) is 0 Å². The molecule has 2 saturated carbocycles. The van der Waals surface area contributed by atoms with Crippen LogP contribution < -0.4 is 10.6 Å². The molecule has 2 bridgehead atoms. The highest BCUT2D eigenvalue weighted by Crippen LogP contribution is 2.42. The highest BCUT2D eigenvalue weighted by Gasteiger charge is 2.45. The first-order chi connectivity index (χ1) is 17.7. The van der Waals surface area contributed by atoms with Crippen LogP contribution in [-0.4, -0.2) is 32.2 Å². The van der Waals surface area contributed by atoms with E-state index in [1.54, 1.807) is 0 Å². The van der Waals surface area contributed by atoms with Gasteiger partial charge in [-0.15, -0.1) is 0 Å². The minimum absolute atomic E-state index is 0.0502.